The summed E-state index contributed by atoms with van der Waals surface area (Å²) in [4.78, 5) is 0. The first-order chi connectivity index (χ1) is 7.01. The van der Waals surface area contributed by atoms with Crippen molar-refractivity contribution >= 4 is 15.9 Å². The number of aryl methyl sites for hydroxylation is 2. The van der Waals surface area contributed by atoms with Gasteiger partial charge in [-0.15, -0.1) is 5.10 Å². The Bertz CT molecular complexity index is 298. The van der Waals surface area contributed by atoms with Crippen molar-refractivity contribution in [1.29, 1.82) is 0 Å². The van der Waals surface area contributed by atoms with Crippen LogP contribution in [0.3, 0.4) is 0 Å². The van der Waals surface area contributed by atoms with Crippen LogP contribution in [0.2, 0.25) is 0 Å². The Hall–Kier alpha value is -0.590. The van der Waals surface area contributed by atoms with Gasteiger partial charge in [-0.2, -0.15) is 13.2 Å². The van der Waals surface area contributed by atoms with Crippen LogP contribution in [0.1, 0.15) is 18.5 Å². The Morgan fingerprint density at radius 3 is 2.73 bits per heavy atom. The maximum absolute atomic E-state index is 11.8. The Morgan fingerprint density at radius 2 is 2.13 bits per heavy atom. The van der Waals surface area contributed by atoms with Gasteiger partial charge >= 0.3 is 6.18 Å². The van der Waals surface area contributed by atoms with Gasteiger partial charge < -0.3 is 0 Å². The molecule has 0 radical (unpaired) electrons. The zero-order chi connectivity index (χ0) is 11.3. The maximum Gasteiger partial charge on any atom is 0.389 e. The summed E-state index contributed by atoms with van der Waals surface area (Å²) >= 11 is 3.25. The van der Waals surface area contributed by atoms with Crippen molar-refractivity contribution < 1.29 is 13.2 Å². The molecule has 0 amide bonds. The van der Waals surface area contributed by atoms with Gasteiger partial charge in [-0.05, 0) is 6.42 Å². The second-order valence-corrected chi connectivity index (χ2v) is 3.92. The molecule has 0 unspecified atom stereocenters. The van der Waals surface area contributed by atoms with Crippen LogP contribution >= 0.6 is 15.9 Å². The van der Waals surface area contributed by atoms with Crippen LogP contribution in [0.5, 0.6) is 0 Å². The molecule has 0 N–H and O–H groups in total. The summed E-state index contributed by atoms with van der Waals surface area (Å²) in [6.45, 7) is 0.259. The predicted octanol–water partition coefficient (Wildman–Crippen LogP) is 2.56. The van der Waals surface area contributed by atoms with E-state index in [2.05, 4.69) is 26.2 Å². The number of hydrogen-bond donors (Lipinski definition) is 0. The SMILES string of the molecule is FC(F)(F)CCCn1cc(CCBr)nn1. The van der Waals surface area contributed by atoms with E-state index in [9.17, 15) is 13.2 Å². The number of hydrogen-bond acceptors (Lipinski definition) is 2. The van der Waals surface area contributed by atoms with Crippen molar-refractivity contribution in [3.63, 3.8) is 0 Å². The van der Waals surface area contributed by atoms with Gasteiger partial charge in [0, 0.05) is 30.9 Å². The molecule has 0 aromatic carbocycles. The molecule has 7 heteroatoms. The third-order valence-corrected chi connectivity index (χ3v) is 2.18. The molecule has 1 aromatic rings. The van der Waals surface area contributed by atoms with Crippen LogP contribution in [0.15, 0.2) is 6.20 Å². The smallest absolute Gasteiger partial charge is 0.252 e. The predicted molar refractivity (Wildman–Crippen MR) is 52.8 cm³/mol. The Morgan fingerprint density at radius 1 is 1.40 bits per heavy atom. The average molecular weight is 286 g/mol. The molecular weight excluding hydrogens is 275 g/mol. The van der Waals surface area contributed by atoms with E-state index in [1.807, 2.05) is 0 Å². The van der Waals surface area contributed by atoms with Gasteiger partial charge in [0.25, 0.3) is 0 Å². The molecule has 0 aliphatic rings. The summed E-state index contributed by atoms with van der Waals surface area (Å²) in [6, 6.07) is 0. The largest absolute Gasteiger partial charge is 0.389 e. The van der Waals surface area contributed by atoms with Gasteiger partial charge in [-0.3, -0.25) is 4.68 Å². The lowest BCUT2D eigenvalue weighted by molar-refractivity contribution is -0.136. The van der Waals surface area contributed by atoms with Crippen LogP contribution in [-0.2, 0) is 13.0 Å². The Balaban J connectivity index is 2.31. The Labute approximate surface area is 93.8 Å². The lowest BCUT2D eigenvalue weighted by atomic mass is 10.3. The minimum Gasteiger partial charge on any atom is -0.252 e. The summed E-state index contributed by atoms with van der Waals surface area (Å²) in [5.41, 5.74) is 0.791. The molecule has 0 saturated carbocycles. The summed E-state index contributed by atoms with van der Waals surface area (Å²) < 4.78 is 36.9. The molecule has 3 nitrogen and oxygen atoms in total. The molecule has 1 heterocycles. The van der Waals surface area contributed by atoms with Crippen molar-refractivity contribution in [2.24, 2.45) is 0 Å². The maximum atomic E-state index is 11.8. The quantitative estimate of drug-likeness (QED) is 0.779. The number of nitrogens with zero attached hydrogens (tertiary/aromatic N) is 3. The number of halogens is 4. The van der Waals surface area contributed by atoms with Crippen LogP contribution in [0.25, 0.3) is 0 Å². The van der Waals surface area contributed by atoms with E-state index in [0.29, 0.717) is 0 Å². The van der Waals surface area contributed by atoms with E-state index < -0.39 is 12.6 Å². The van der Waals surface area contributed by atoms with E-state index in [-0.39, 0.29) is 13.0 Å². The second-order valence-electron chi connectivity index (χ2n) is 3.13. The third kappa shape index (κ3) is 5.15. The first-order valence-corrected chi connectivity index (χ1v) is 5.65. The van der Waals surface area contributed by atoms with E-state index in [4.69, 9.17) is 0 Å². The van der Waals surface area contributed by atoms with E-state index in [1.165, 1.54) is 4.68 Å². The number of rotatable bonds is 5. The molecule has 0 atom stereocenters. The zero-order valence-corrected chi connectivity index (χ0v) is 9.55. The fraction of sp³-hybridized carbons (Fsp3) is 0.750. The summed E-state index contributed by atoms with van der Waals surface area (Å²) in [5.74, 6) is 0. The minimum atomic E-state index is -4.08. The second kappa shape index (κ2) is 5.48. The average Bonchev–Trinajstić information content (AvgIpc) is 2.51. The number of aromatic nitrogens is 3. The molecule has 0 aliphatic carbocycles. The molecular formula is C8H11BrF3N3. The fourth-order valence-corrected chi connectivity index (χ4v) is 1.51. The fourth-order valence-electron chi connectivity index (χ4n) is 1.10. The first-order valence-electron chi connectivity index (χ1n) is 4.53. The highest BCUT2D eigenvalue weighted by atomic mass is 79.9. The van der Waals surface area contributed by atoms with Crippen molar-refractivity contribution in [2.75, 3.05) is 5.33 Å². The molecule has 0 bridgehead atoms. The molecule has 0 saturated heterocycles. The third-order valence-electron chi connectivity index (χ3n) is 1.78. The Kier molecular flexibility index (Phi) is 4.56. The van der Waals surface area contributed by atoms with Gasteiger partial charge in [0.2, 0.25) is 0 Å². The lowest BCUT2D eigenvalue weighted by Gasteiger charge is -2.04. The summed E-state index contributed by atoms with van der Waals surface area (Å²) in [5, 5.41) is 8.33. The van der Waals surface area contributed by atoms with Gasteiger partial charge in [0.1, 0.15) is 0 Å². The van der Waals surface area contributed by atoms with E-state index >= 15 is 0 Å². The lowest BCUT2D eigenvalue weighted by Crippen LogP contribution is -2.09. The highest BCUT2D eigenvalue weighted by Crippen LogP contribution is 2.21. The van der Waals surface area contributed by atoms with E-state index in [0.717, 1.165) is 17.4 Å². The van der Waals surface area contributed by atoms with Gasteiger partial charge in [0.15, 0.2) is 0 Å². The molecule has 0 aliphatic heterocycles. The van der Waals surface area contributed by atoms with Crippen molar-refractivity contribution in [3.05, 3.63) is 11.9 Å². The molecule has 15 heavy (non-hydrogen) atoms. The van der Waals surface area contributed by atoms with Crippen molar-refractivity contribution in [2.45, 2.75) is 32.0 Å². The minimum absolute atomic E-state index is 0.0423. The highest BCUT2D eigenvalue weighted by molar-refractivity contribution is 9.09. The molecule has 1 rings (SSSR count). The van der Waals surface area contributed by atoms with E-state index in [1.54, 1.807) is 6.20 Å². The summed E-state index contributed by atoms with van der Waals surface area (Å²) in [6.07, 6.45) is -2.41. The standard InChI is InChI=1S/C8H11BrF3N3/c9-4-2-7-6-15(14-13-7)5-1-3-8(10,11)12/h6H,1-5H2. The van der Waals surface area contributed by atoms with Crippen LogP contribution in [0, 0.1) is 0 Å². The topological polar surface area (TPSA) is 30.7 Å². The van der Waals surface area contributed by atoms with Crippen LogP contribution < -0.4 is 0 Å². The monoisotopic (exact) mass is 285 g/mol. The molecule has 1 aromatic heterocycles. The molecule has 0 fully saturated rings. The molecule has 0 spiro atoms. The number of alkyl halides is 4. The summed E-state index contributed by atoms with van der Waals surface area (Å²) in [7, 11) is 0. The van der Waals surface area contributed by atoms with Crippen molar-refractivity contribution in [1.82, 2.24) is 15.0 Å². The van der Waals surface area contributed by atoms with Crippen LogP contribution in [-0.4, -0.2) is 26.5 Å². The normalized spacial score (nSPS) is 12.0. The van der Waals surface area contributed by atoms with Gasteiger partial charge in [-0.1, -0.05) is 21.1 Å². The zero-order valence-electron chi connectivity index (χ0n) is 7.97. The van der Waals surface area contributed by atoms with Gasteiger partial charge in [-0.25, -0.2) is 0 Å². The van der Waals surface area contributed by atoms with Crippen molar-refractivity contribution in [3.8, 4) is 0 Å². The first kappa shape index (κ1) is 12.5. The van der Waals surface area contributed by atoms with Crippen LogP contribution in [0.4, 0.5) is 13.2 Å². The highest BCUT2D eigenvalue weighted by Gasteiger charge is 2.26. The van der Waals surface area contributed by atoms with Gasteiger partial charge in [0.05, 0.1) is 5.69 Å². The molecule has 86 valence electrons.